The number of rotatable bonds is 2. The van der Waals surface area contributed by atoms with Crippen molar-refractivity contribution in [1.82, 2.24) is 4.98 Å². The maximum Gasteiger partial charge on any atom is 0.182 e. The van der Waals surface area contributed by atoms with E-state index in [0.717, 1.165) is 16.2 Å². The lowest BCUT2D eigenvalue weighted by Crippen LogP contribution is -1.99. The molecule has 5 heteroatoms. The lowest BCUT2D eigenvalue weighted by Gasteiger charge is -2.08. The molecule has 17 heavy (non-hydrogen) atoms. The summed E-state index contributed by atoms with van der Waals surface area (Å²) in [7, 11) is 0. The second-order valence-electron chi connectivity index (χ2n) is 3.49. The van der Waals surface area contributed by atoms with Gasteiger partial charge >= 0.3 is 0 Å². The molecule has 88 valence electrons. The van der Waals surface area contributed by atoms with Crippen LogP contribution in [0.3, 0.4) is 0 Å². The fraction of sp³-hybridized carbons (Fsp3) is 0.0833. The molecule has 1 N–H and O–H groups in total. The van der Waals surface area contributed by atoms with E-state index in [2.05, 4.69) is 26.2 Å². The molecule has 0 bridgehead atoms. The maximum atomic E-state index is 13.4. The molecule has 0 fully saturated rings. The van der Waals surface area contributed by atoms with Crippen LogP contribution in [0.2, 0.25) is 0 Å². The molecule has 0 aliphatic rings. The van der Waals surface area contributed by atoms with Gasteiger partial charge in [0.1, 0.15) is 5.82 Å². The van der Waals surface area contributed by atoms with Crippen LogP contribution in [0, 0.1) is 18.6 Å². The Morgan fingerprint density at radius 1 is 1.18 bits per heavy atom. The third-order valence-electron chi connectivity index (χ3n) is 2.24. The smallest absolute Gasteiger partial charge is 0.182 e. The number of anilines is 2. The van der Waals surface area contributed by atoms with Crippen molar-refractivity contribution in [2.24, 2.45) is 0 Å². The zero-order valence-electron chi connectivity index (χ0n) is 8.97. The van der Waals surface area contributed by atoms with Gasteiger partial charge < -0.3 is 5.32 Å². The van der Waals surface area contributed by atoms with Gasteiger partial charge in [0.05, 0.1) is 11.4 Å². The molecule has 0 saturated heterocycles. The third kappa shape index (κ3) is 2.61. The van der Waals surface area contributed by atoms with Gasteiger partial charge in [-0.25, -0.2) is 13.8 Å². The van der Waals surface area contributed by atoms with E-state index < -0.39 is 11.6 Å². The highest BCUT2D eigenvalue weighted by Gasteiger charge is 2.08. The zero-order chi connectivity index (χ0) is 12.4. The summed E-state index contributed by atoms with van der Waals surface area (Å²) in [6, 6.07) is 7.44. The van der Waals surface area contributed by atoms with Gasteiger partial charge in [0.15, 0.2) is 11.6 Å². The summed E-state index contributed by atoms with van der Waals surface area (Å²) >= 11 is 3.32. The minimum Gasteiger partial charge on any atom is -0.338 e. The molecule has 0 amide bonds. The Hall–Kier alpha value is -1.49. The second kappa shape index (κ2) is 4.79. The normalized spacial score (nSPS) is 10.4. The quantitative estimate of drug-likeness (QED) is 0.900. The van der Waals surface area contributed by atoms with Crippen molar-refractivity contribution in [2.45, 2.75) is 6.92 Å². The van der Waals surface area contributed by atoms with Gasteiger partial charge in [0.25, 0.3) is 0 Å². The SMILES string of the molecule is Cc1nc(Nc2cccc(F)c2F)ccc1Br. The lowest BCUT2D eigenvalue weighted by molar-refractivity contribution is 0.511. The molecule has 2 rings (SSSR count). The second-order valence-corrected chi connectivity index (χ2v) is 4.34. The van der Waals surface area contributed by atoms with Crippen LogP contribution in [-0.2, 0) is 0 Å². The zero-order valence-corrected chi connectivity index (χ0v) is 10.6. The highest BCUT2D eigenvalue weighted by atomic mass is 79.9. The number of hydrogen-bond acceptors (Lipinski definition) is 2. The number of aromatic nitrogens is 1. The molecular formula is C12H9BrF2N2. The van der Waals surface area contributed by atoms with Crippen LogP contribution in [0.1, 0.15) is 5.69 Å². The first-order valence-electron chi connectivity index (χ1n) is 4.92. The van der Waals surface area contributed by atoms with Gasteiger partial charge in [-0.3, -0.25) is 0 Å². The molecular weight excluding hydrogens is 290 g/mol. The van der Waals surface area contributed by atoms with E-state index in [0.29, 0.717) is 5.82 Å². The molecule has 0 radical (unpaired) electrons. The Bertz CT molecular complexity index is 558. The molecule has 2 aromatic rings. The molecule has 1 aromatic heterocycles. The van der Waals surface area contributed by atoms with Crippen molar-refractivity contribution < 1.29 is 8.78 Å². The van der Waals surface area contributed by atoms with Gasteiger partial charge in [-0.2, -0.15) is 0 Å². The van der Waals surface area contributed by atoms with Crippen LogP contribution in [0.25, 0.3) is 0 Å². The summed E-state index contributed by atoms with van der Waals surface area (Å²) in [5, 5.41) is 2.73. The summed E-state index contributed by atoms with van der Waals surface area (Å²) < 4.78 is 27.2. The highest BCUT2D eigenvalue weighted by molar-refractivity contribution is 9.10. The van der Waals surface area contributed by atoms with E-state index in [-0.39, 0.29) is 5.69 Å². The van der Waals surface area contributed by atoms with E-state index in [1.165, 1.54) is 12.1 Å². The summed E-state index contributed by atoms with van der Waals surface area (Å²) in [5.41, 5.74) is 0.839. The topological polar surface area (TPSA) is 24.9 Å². The van der Waals surface area contributed by atoms with Gasteiger partial charge in [0, 0.05) is 4.47 Å². The number of halogens is 3. The number of hydrogen-bond donors (Lipinski definition) is 1. The molecule has 0 atom stereocenters. The van der Waals surface area contributed by atoms with E-state index in [9.17, 15) is 8.78 Å². The van der Waals surface area contributed by atoms with Crippen LogP contribution in [0.5, 0.6) is 0 Å². The average molecular weight is 299 g/mol. The molecule has 1 heterocycles. The van der Waals surface area contributed by atoms with Crippen molar-refractivity contribution >= 4 is 27.4 Å². The monoisotopic (exact) mass is 298 g/mol. The first kappa shape index (κ1) is 12.0. The molecule has 0 saturated carbocycles. The van der Waals surface area contributed by atoms with Crippen molar-refractivity contribution in [3.8, 4) is 0 Å². The fourth-order valence-electron chi connectivity index (χ4n) is 1.35. The summed E-state index contributed by atoms with van der Waals surface area (Å²) in [4.78, 5) is 4.19. The highest BCUT2D eigenvalue weighted by Crippen LogP contribution is 2.22. The van der Waals surface area contributed by atoms with Crippen LogP contribution < -0.4 is 5.32 Å². The van der Waals surface area contributed by atoms with Gasteiger partial charge in [-0.15, -0.1) is 0 Å². The number of pyridine rings is 1. The molecule has 0 spiro atoms. The molecule has 0 aliphatic heterocycles. The summed E-state index contributed by atoms with van der Waals surface area (Å²) in [6.45, 7) is 1.82. The third-order valence-corrected chi connectivity index (χ3v) is 3.07. The fourth-order valence-corrected chi connectivity index (χ4v) is 1.57. The van der Waals surface area contributed by atoms with Crippen LogP contribution in [0.4, 0.5) is 20.3 Å². The van der Waals surface area contributed by atoms with Crippen molar-refractivity contribution in [3.63, 3.8) is 0 Å². The van der Waals surface area contributed by atoms with Crippen molar-refractivity contribution in [3.05, 3.63) is 52.1 Å². The van der Waals surface area contributed by atoms with Crippen LogP contribution >= 0.6 is 15.9 Å². The minimum atomic E-state index is -0.908. The number of nitrogens with one attached hydrogen (secondary N) is 1. The van der Waals surface area contributed by atoms with Crippen LogP contribution in [0.15, 0.2) is 34.8 Å². The maximum absolute atomic E-state index is 13.4. The van der Waals surface area contributed by atoms with Gasteiger partial charge in [-0.05, 0) is 47.1 Å². The predicted octanol–water partition coefficient (Wildman–Crippen LogP) is 4.17. The van der Waals surface area contributed by atoms with Crippen molar-refractivity contribution in [2.75, 3.05) is 5.32 Å². The molecule has 0 aliphatic carbocycles. The van der Waals surface area contributed by atoms with Crippen LogP contribution in [-0.4, -0.2) is 4.98 Å². The van der Waals surface area contributed by atoms with E-state index in [4.69, 9.17) is 0 Å². The first-order chi connectivity index (χ1) is 8.08. The lowest BCUT2D eigenvalue weighted by atomic mass is 10.3. The molecule has 2 nitrogen and oxygen atoms in total. The summed E-state index contributed by atoms with van der Waals surface area (Å²) in [5.74, 6) is -1.33. The van der Waals surface area contributed by atoms with Gasteiger partial charge in [0.2, 0.25) is 0 Å². The van der Waals surface area contributed by atoms with E-state index in [1.54, 1.807) is 12.1 Å². The Labute approximate surface area is 106 Å². The van der Waals surface area contributed by atoms with E-state index >= 15 is 0 Å². The predicted molar refractivity (Wildman–Crippen MR) is 66.3 cm³/mol. The minimum absolute atomic E-state index is 0.0687. The largest absolute Gasteiger partial charge is 0.338 e. The van der Waals surface area contributed by atoms with Gasteiger partial charge in [-0.1, -0.05) is 6.07 Å². The Morgan fingerprint density at radius 2 is 1.94 bits per heavy atom. The molecule has 1 aromatic carbocycles. The summed E-state index contributed by atoms with van der Waals surface area (Å²) in [6.07, 6.45) is 0. The Morgan fingerprint density at radius 3 is 2.65 bits per heavy atom. The number of benzene rings is 1. The molecule has 0 unspecified atom stereocenters. The first-order valence-corrected chi connectivity index (χ1v) is 5.71. The van der Waals surface area contributed by atoms with Crippen molar-refractivity contribution in [1.29, 1.82) is 0 Å². The average Bonchev–Trinajstić information content (AvgIpc) is 2.30. The Kier molecular flexibility index (Phi) is 3.38. The standard InChI is InChI=1S/C12H9BrF2N2/c1-7-8(13)5-6-11(16-7)17-10-4-2-3-9(14)12(10)15/h2-6H,1H3,(H,16,17). The van der Waals surface area contributed by atoms with E-state index in [1.807, 2.05) is 6.92 Å². The number of nitrogens with zero attached hydrogens (tertiary/aromatic N) is 1. The Balaban J connectivity index is 2.31. The number of aryl methyl sites for hydroxylation is 1.